The number of carbonyl (C=O) groups excluding carboxylic acids is 11. The molecule has 4 unspecified atom stereocenters. The van der Waals surface area contributed by atoms with Gasteiger partial charge in [-0.05, 0) is 119 Å². The van der Waals surface area contributed by atoms with Gasteiger partial charge in [0.1, 0.15) is 11.9 Å². The second-order valence-electron chi connectivity index (χ2n) is 17.9. The summed E-state index contributed by atoms with van der Waals surface area (Å²) in [4.78, 5) is 143. The Morgan fingerprint density at radius 1 is 0.644 bits per heavy atom. The number of allylic oxidation sites excluding steroid dienone is 7. The first kappa shape index (κ1) is 82.9. The zero-order valence-electron chi connectivity index (χ0n) is 53.5. The summed E-state index contributed by atoms with van der Waals surface area (Å²) in [6.45, 7) is 31.6. The molecule has 1 aromatic rings. The lowest BCUT2D eigenvalue weighted by Crippen LogP contribution is -2.43. The molecule has 0 amide bonds. The largest absolute Gasteiger partial charge is 0.487 e. The third-order valence-corrected chi connectivity index (χ3v) is 11.2. The maximum atomic E-state index is 11.8. The van der Waals surface area contributed by atoms with E-state index >= 15 is 0 Å². The maximum Gasteiger partial charge on any atom is 0.392 e. The Morgan fingerprint density at radius 2 is 1.11 bits per heavy atom. The maximum absolute atomic E-state index is 11.8. The monoisotopic (exact) mass is 1260 g/mol. The van der Waals surface area contributed by atoms with Gasteiger partial charge in [0, 0.05) is 80.2 Å². The molecule has 3 saturated heterocycles. The lowest BCUT2D eigenvalue weighted by molar-refractivity contribution is -0.224. The van der Waals surface area contributed by atoms with Gasteiger partial charge in [0.2, 0.25) is 52.8 Å². The average molecular weight is 1260 g/mol. The molecule has 87 heavy (non-hydrogen) atoms. The summed E-state index contributed by atoms with van der Waals surface area (Å²) in [6.07, 6.45) is 11.5. The number of ketones is 5. The molecular formula is C59H85O27P. The van der Waals surface area contributed by atoms with Crippen molar-refractivity contribution in [1.82, 2.24) is 0 Å². The molecule has 4 atom stereocenters. The van der Waals surface area contributed by atoms with Crippen molar-refractivity contribution in [2.75, 3.05) is 33.7 Å². The van der Waals surface area contributed by atoms with Crippen LogP contribution < -0.4 is 22.1 Å². The molecule has 0 aliphatic carbocycles. The SMILES string of the molecule is C/C=C(\OC(C)=O)C(=O)OC.C/C=C1\OC(C)CC1=O.C/C=C1\OC(CC)(C(C)=O)OC1=O.C/C=C1\OC(CCC(C)=O)(C(=O)OCC)OC1=O.C/C=c1\oc(=O)/c(=C/C)oc1=O.CC=C(OP(C)(C)=O)C(C)=O.CCOC(CC)(OC(C)=O)C(C)=O. The molecule has 4 rings (SSSR count). The van der Waals surface area contributed by atoms with Crippen LogP contribution in [0.15, 0.2) is 77.6 Å². The Bertz CT molecular complexity index is 3000. The number of esters is 6. The Kier molecular flexibility index (Phi) is 39.0. The fraction of sp³-hybridized carbons (Fsp3) is 0.542. The number of ether oxygens (including phenoxy) is 10. The minimum absolute atomic E-state index is 0.0494. The number of cyclic esters (lactones) is 2. The minimum atomic E-state index is -2.58. The predicted molar refractivity (Wildman–Crippen MR) is 311 cm³/mol. The van der Waals surface area contributed by atoms with Gasteiger partial charge in [-0.25, -0.2) is 28.8 Å². The number of Topliss-reactive ketones (excluding diaryl/α,β-unsaturated/α-hetero) is 5. The lowest BCUT2D eigenvalue weighted by Gasteiger charge is -2.28. The van der Waals surface area contributed by atoms with Crippen LogP contribution in [0.5, 0.6) is 0 Å². The van der Waals surface area contributed by atoms with Crippen LogP contribution in [0.25, 0.3) is 12.2 Å². The van der Waals surface area contributed by atoms with Crippen molar-refractivity contribution < 1.29 is 118 Å². The van der Waals surface area contributed by atoms with E-state index < -0.39 is 71.8 Å². The van der Waals surface area contributed by atoms with Gasteiger partial charge in [0.05, 0.1) is 20.1 Å². The number of hydrogen-bond donors (Lipinski definition) is 0. The predicted octanol–water partition coefficient (Wildman–Crippen LogP) is 6.65. The highest BCUT2D eigenvalue weighted by molar-refractivity contribution is 7.57. The van der Waals surface area contributed by atoms with E-state index in [-0.39, 0.29) is 88.3 Å². The van der Waals surface area contributed by atoms with Gasteiger partial charge >= 0.3 is 58.6 Å². The van der Waals surface area contributed by atoms with Gasteiger partial charge in [0.15, 0.2) is 17.3 Å². The molecule has 4 heterocycles. The number of methoxy groups -OCH3 is 1. The van der Waals surface area contributed by atoms with Crippen molar-refractivity contribution >= 4 is 84.3 Å². The van der Waals surface area contributed by atoms with E-state index in [1.165, 1.54) is 98.4 Å². The smallest absolute Gasteiger partial charge is 0.392 e. The van der Waals surface area contributed by atoms with Gasteiger partial charge in [-0.2, -0.15) is 0 Å². The Morgan fingerprint density at radius 3 is 1.37 bits per heavy atom. The first-order valence-electron chi connectivity index (χ1n) is 27.1. The van der Waals surface area contributed by atoms with Crippen LogP contribution in [0.2, 0.25) is 0 Å². The van der Waals surface area contributed by atoms with Gasteiger partial charge in [-0.15, -0.1) is 0 Å². The van der Waals surface area contributed by atoms with Gasteiger partial charge in [-0.1, -0.05) is 13.8 Å². The molecule has 28 heteroatoms. The van der Waals surface area contributed by atoms with Gasteiger partial charge in [0.25, 0.3) is 5.79 Å². The van der Waals surface area contributed by atoms with Crippen LogP contribution in [0.3, 0.4) is 0 Å². The van der Waals surface area contributed by atoms with E-state index in [0.717, 1.165) is 0 Å². The van der Waals surface area contributed by atoms with Crippen molar-refractivity contribution in [1.29, 1.82) is 0 Å². The fourth-order valence-electron chi connectivity index (χ4n) is 6.41. The fourth-order valence-corrected chi connectivity index (χ4v) is 7.12. The summed E-state index contributed by atoms with van der Waals surface area (Å²) in [6, 6.07) is 0. The second kappa shape index (κ2) is 40.9. The molecule has 3 fully saturated rings. The molecule has 0 radical (unpaired) electrons. The van der Waals surface area contributed by atoms with E-state index in [0.29, 0.717) is 31.6 Å². The molecule has 27 nitrogen and oxygen atoms in total. The summed E-state index contributed by atoms with van der Waals surface area (Å²) >= 11 is 0. The first-order chi connectivity index (χ1) is 40.4. The van der Waals surface area contributed by atoms with Crippen LogP contribution in [0.1, 0.15) is 157 Å². The van der Waals surface area contributed by atoms with Crippen LogP contribution in [-0.2, 0) is 109 Å². The Balaban J connectivity index is -0.000000955. The molecule has 0 N–H and O–H groups in total. The third-order valence-electron chi connectivity index (χ3n) is 10.6. The van der Waals surface area contributed by atoms with E-state index in [4.69, 9.17) is 42.4 Å². The molecule has 0 spiro atoms. The summed E-state index contributed by atoms with van der Waals surface area (Å²) in [7, 11) is -1.36. The highest BCUT2D eigenvalue weighted by Gasteiger charge is 2.53. The van der Waals surface area contributed by atoms with Crippen molar-refractivity contribution in [3.8, 4) is 0 Å². The Hall–Kier alpha value is -8.32. The van der Waals surface area contributed by atoms with Crippen LogP contribution in [-0.4, -0.2) is 122 Å². The van der Waals surface area contributed by atoms with Crippen molar-refractivity contribution in [3.63, 3.8) is 0 Å². The third kappa shape index (κ3) is 29.6. The van der Waals surface area contributed by atoms with Gasteiger partial charge < -0.3 is 65.5 Å². The number of carbonyl (C=O) groups is 11. The van der Waals surface area contributed by atoms with Crippen molar-refractivity contribution in [2.45, 2.75) is 180 Å². The zero-order chi connectivity index (χ0) is 68.2. The van der Waals surface area contributed by atoms with Crippen molar-refractivity contribution in [3.05, 3.63) is 90.8 Å². The summed E-state index contributed by atoms with van der Waals surface area (Å²) in [5.41, 5.74) is -1.40. The topological polar surface area (TPSA) is 367 Å². The summed E-state index contributed by atoms with van der Waals surface area (Å²) in [5, 5.41) is 0. The molecule has 0 aromatic carbocycles. The van der Waals surface area contributed by atoms with E-state index in [9.17, 15) is 66.9 Å². The van der Waals surface area contributed by atoms with Crippen LogP contribution in [0, 0.1) is 0 Å². The molecule has 0 bridgehead atoms. The van der Waals surface area contributed by atoms with E-state index in [1.807, 2.05) is 13.8 Å². The Labute approximate surface area is 505 Å². The number of hydrogen-bond acceptors (Lipinski definition) is 27. The highest BCUT2D eigenvalue weighted by atomic mass is 31.2. The first-order valence-corrected chi connectivity index (χ1v) is 29.6. The highest BCUT2D eigenvalue weighted by Crippen LogP contribution is 2.40. The molecule has 3 aliphatic heterocycles. The zero-order valence-corrected chi connectivity index (χ0v) is 54.4. The second-order valence-corrected chi connectivity index (χ2v) is 20.6. The number of rotatable bonds is 17. The molecule has 3 aliphatic rings. The van der Waals surface area contributed by atoms with Crippen LogP contribution in [0.4, 0.5) is 0 Å². The molecule has 488 valence electrons. The quantitative estimate of drug-likeness (QED) is 0.0393. The standard InChI is InChI=1S/C12H16O6.C9H12O4.C9H16O4.C8H8O4.C7H10O4.C7H13O3P.C7H10O2/c1-4-9-10(14)18-12(17-9,7-6-8(3)13)11(15)16-5-2;1-4-7-8(11)13-9(5-2,12-7)6(3)10;1-5-9(7(3)10,12-6-2)13-8(4)11;1-3-5-7(9)12-6(4-2)8(10)11-5;1-4-6(7(9)10-3)11-5(2)8;1-5-7(6(2)8)10-11(3,4)9;1-3-7-6(8)4-5(2)9-7/h4H,5-7H2,1-3H3;4H,5H2,1-3H3;5-6H2,1-4H3;3-4H,1-2H3;4H,1-3H3;5H,1-4H3;3,5H,4H2,1-2H3/b9-4-;7-4-;;5-3-,6-4-;6-4-;;7-3-. The average Bonchev–Trinajstić information content (AvgIpc) is 2.54. The normalized spacial score (nSPS) is 19.9. The molecule has 0 saturated carbocycles. The van der Waals surface area contributed by atoms with E-state index in [1.54, 1.807) is 75.3 Å². The minimum Gasteiger partial charge on any atom is -0.487 e. The molecule has 1 aromatic heterocycles. The summed E-state index contributed by atoms with van der Waals surface area (Å²) in [5.74, 6) is -8.45. The van der Waals surface area contributed by atoms with E-state index in [2.05, 4.69) is 18.3 Å². The van der Waals surface area contributed by atoms with Gasteiger partial charge in [-0.3, -0.25) is 33.3 Å². The van der Waals surface area contributed by atoms with Crippen molar-refractivity contribution in [2.24, 2.45) is 0 Å². The summed E-state index contributed by atoms with van der Waals surface area (Å²) < 4.78 is 74.3. The molecular weight excluding hydrogens is 1170 g/mol. The van der Waals surface area contributed by atoms with Crippen LogP contribution >= 0.6 is 7.37 Å². The lowest BCUT2D eigenvalue weighted by atomic mass is 10.1.